The topological polar surface area (TPSA) is 92.3 Å². The van der Waals surface area contributed by atoms with Crippen molar-refractivity contribution in [2.45, 2.75) is 19.4 Å². The molecular weight excluding hydrogens is 292 g/mol. The van der Waals surface area contributed by atoms with E-state index in [-0.39, 0.29) is 17.6 Å². The SMILES string of the molecule is CCC(=O)Nc1cccc(C(=O)N[C@H]2C=CS(=O)(=O)C2)c1. The summed E-state index contributed by atoms with van der Waals surface area (Å²) in [6.07, 6.45) is 1.80. The van der Waals surface area contributed by atoms with E-state index in [1.807, 2.05) is 0 Å². The monoisotopic (exact) mass is 308 g/mol. The molecule has 1 aliphatic rings. The van der Waals surface area contributed by atoms with Crippen LogP contribution in [-0.2, 0) is 14.6 Å². The van der Waals surface area contributed by atoms with E-state index in [1.54, 1.807) is 31.2 Å². The molecule has 0 unspecified atom stereocenters. The molecule has 1 atom stereocenters. The van der Waals surface area contributed by atoms with Crippen LogP contribution in [0.15, 0.2) is 35.7 Å². The summed E-state index contributed by atoms with van der Waals surface area (Å²) in [6.45, 7) is 1.73. The Kier molecular flexibility index (Phi) is 4.42. The van der Waals surface area contributed by atoms with Crippen LogP contribution in [0, 0.1) is 0 Å². The van der Waals surface area contributed by atoms with Gasteiger partial charge in [-0.25, -0.2) is 8.42 Å². The van der Waals surface area contributed by atoms with Crippen molar-refractivity contribution in [3.05, 3.63) is 41.3 Å². The summed E-state index contributed by atoms with van der Waals surface area (Å²) in [5.41, 5.74) is 0.894. The van der Waals surface area contributed by atoms with Crippen LogP contribution in [0.25, 0.3) is 0 Å². The molecule has 0 fully saturated rings. The maximum atomic E-state index is 12.1. The summed E-state index contributed by atoms with van der Waals surface area (Å²) in [4.78, 5) is 23.4. The van der Waals surface area contributed by atoms with Crippen molar-refractivity contribution in [3.63, 3.8) is 0 Å². The number of carbonyl (C=O) groups excluding carboxylic acids is 2. The van der Waals surface area contributed by atoms with Crippen LogP contribution >= 0.6 is 0 Å². The first-order valence-corrected chi connectivity index (χ1v) is 8.23. The lowest BCUT2D eigenvalue weighted by Crippen LogP contribution is -2.35. The van der Waals surface area contributed by atoms with Gasteiger partial charge in [0.25, 0.3) is 5.91 Å². The molecule has 2 amide bonds. The van der Waals surface area contributed by atoms with Crippen molar-refractivity contribution >= 4 is 27.3 Å². The minimum absolute atomic E-state index is 0.120. The van der Waals surface area contributed by atoms with Gasteiger partial charge in [-0.3, -0.25) is 9.59 Å². The summed E-state index contributed by atoms with van der Waals surface area (Å²) in [5.74, 6) is -0.642. The van der Waals surface area contributed by atoms with Gasteiger partial charge in [-0.15, -0.1) is 0 Å². The van der Waals surface area contributed by atoms with Crippen molar-refractivity contribution in [2.24, 2.45) is 0 Å². The van der Waals surface area contributed by atoms with Crippen molar-refractivity contribution in [3.8, 4) is 0 Å². The number of nitrogens with one attached hydrogen (secondary N) is 2. The van der Waals surface area contributed by atoms with Gasteiger partial charge in [0, 0.05) is 23.1 Å². The maximum absolute atomic E-state index is 12.1. The van der Waals surface area contributed by atoms with Crippen molar-refractivity contribution in [2.75, 3.05) is 11.1 Å². The molecule has 0 bridgehead atoms. The highest BCUT2D eigenvalue weighted by Crippen LogP contribution is 2.13. The number of rotatable bonds is 4. The second-order valence-electron chi connectivity index (χ2n) is 4.72. The summed E-state index contributed by atoms with van der Waals surface area (Å²) < 4.78 is 22.6. The van der Waals surface area contributed by atoms with Gasteiger partial charge in [-0.05, 0) is 24.3 Å². The molecule has 21 heavy (non-hydrogen) atoms. The van der Waals surface area contributed by atoms with Gasteiger partial charge in [0.1, 0.15) is 0 Å². The zero-order valence-corrected chi connectivity index (χ0v) is 12.3. The summed E-state index contributed by atoms with van der Waals surface area (Å²) in [6, 6.07) is 5.97. The maximum Gasteiger partial charge on any atom is 0.251 e. The largest absolute Gasteiger partial charge is 0.345 e. The molecule has 1 heterocycles. The van der Waals surface area contributed by atoms with Crippen LogP contribution in [0.4, 0.5) is 5.69 Å². The fourth-order valence-corrected chi connectivity index (χ4v) is 3.14. The summed E-state index contributed by atoms with van der Waals surface area (Å²) in [7, 11) is -3.20. The Morgan fingerprint density at radius 1 is 1.33 bits per heavy atom. The van der Waals surface area contributed by atoms with Gasteiger partial charge in [-0.1, -0.05) is 13.0 Å². The molecule has 0 aromatic heterocycles. The Bertz CT molecular complexity index is 695. The number of anilines is 1. The molecule has 2 rings (SSSR count). The fourth-order valence-electron chi connectivity index (χ4n) is 1.90. The average molecular weight is 308 g/mol. The van der Waals surface area contributed by atoms with E-state index in [2.05, 4.69) is 10.6 Å². The third-order valence-electron chi connectivity index (χ3n) is 2.98. The summed E-state index contributed by atoms with van der Waals surface area (Å²) >= 11 is 0. The molecular formula is C14H16N2O4S. The first-order chi connectivity index (χ1) is 9.89. The quantitative estimate of drug-likeness (QED) is 0.870. The smallest absolute Gasteiger partial charge is 0.251 e. The van der Waals surface area contributed by atoms with Gasteiger partial charge in [0.2, 0.25) is 5.91 Å². The number of benzene rings is 1. The van der Waals surface area contributed by atoms with Crippen LogP contribution < -0.4 is 10.6 Å². The van der Waals surface area contributed by atoms with Gasteiger partial charge in [0.05, 0.1) is 11.8 Å². The molecule has 1 aromatic rings. The predicted octanol–water partition coefficient (Wildman–Crippen LogP) is 1.08. The van der Waals surface area contributed by atoms with Crippen LogP contribution in [0.3, 0.4) is 0 Å². The Balaban J connectivity index is 2.04. The van der Waals surface area contributed by atoms with E-state index in [0.29, 0.717) is 17.7 Å². The minimum atomic E-state index is -3.20. The lowest BCUT2D eigenvalue weighted by atomic mass is 10.1. The Hall–Kier alpha value is -2.15. The van der Waals surface area contributed by atoms with E-state index < -0.39 is 15.9 Å². The first-order valence-electron chi connectivity index (χ1n) is 6.51. The molecule has 1 aromatic carbocycles. The minimum Gasteiger partial charge on any atom is -0.345 e. The molecule has 6 nitrogen and oxygen atoms in total. The number of hydrogen-bond acceptors (Lipinski definition) is 4. The predicted molar refractivity (Wildman–Crippen MR) is 79.5 cm³/mol. The zero-order valence-electron chi connectivity index (χ0n) is 11.5. The third kappa shape index (κ3) is 4.16. The van der Waals surface area contributed by atoms with Crippen molar-refractivity contribution < 1.29 is 18.0 Å². The normalized spacial score (nSPS) is 19.2. The molecule has 0 radical (unpaired) electrons. The molecule has 1 aliphatic heterocycles. The molecule has 2 N–H and O–H groups in total. The Morgan fingerprint density at radius 3 is 2.71 bits per heavy atom. The Morgan fingerprint density at radius 2 is 2.10 bits per heavy atom. The van der Waals surface area contributed by atoms with Crippen molar-refractivity contribution in [1.29, 1.82) is 0 Å². The van der Waals surface area contributed by atoms with Gasteiger partial charge in [0.15, 0.2) is 9.84 Å². The van der Waals surface area contributed by atoms with E-state index >= 15 is 0 Å². The van der Waals surface area contributed by atoms with Gasteiger partial charge >= 0.3 is 0 Å². The van der Waals surface area contributed by atoms with E-state index in [4.69, 9.17) is 0 Å². The Labute approximate surface area is 123 Å². The average Bonchev–Trinajstić information content (AvgIpc) is 2.78. The van der Waals surface area contributed by atoms with Crippen LogP contribution in [0.2, 0.25) is 0 Å². The van der Waals surface area contributed by atoms with Crippen LogP contribution in [0.5, 0.6) is 0 Å². The standard InChI is InChI=1S/C14H16N2O4S/c1-2-13(17)15-11-5-3-4-10(8-11)14(18)16-12-6-7-21(19,20)9-12/h3-8,12H,2,9H2,1H3,(H,15,17)(H,16,18)/t12-/m0/s1. The molecule has 112 valence electrons. The van der Waals surface area contributed by atoms with Gasteiger partial charge < -0.3 is 10.6 Å². The van der Waals surface area contributed by atoms with E-state index in [0.717, 1.165) is 5.41 Å². The van der Waals surface area contributed by atoms with Crippen LogP contribution in [0.1, 0.15) is 23.7 Å². The number of hydrogen-bond donors (Lipinski definition) is 2. The van der Waals surface area contributed by atoms with Crippen LogP contribution in [-0.4, -0.2) is 32.0 Å². The molecule has 0 saturated heterocycles. The second kappa shape index (κ2) is 6.09. The number of carbonyl (C=O) groups is 2. The fraction of sp³-hybridized carbons (Fsp3) is 0.286. The number of sulfone groups is 1. The highest BCUT2D eigenvalue weighted by molar-refractivity contribution is 7.94. The lowest BCUT2D eigenvalue weighted by Gasteiger charge is -2.11. The zero-order chi connectivity index (χ0) is 15.5. The molecule has 0 saturated carbocycles. The molecule has 7 heteroatoms. The highest BCUT2D eigenvalue weighted by atomic mass is 32.2. The summed E-state index contributed by atoms with van der Waals surface area (Å²) in [5, 5.41) is 6.40. The third-order valence-corrected chi connectivity index (χ3v) is 4.37. The first kappa shape index (κ1) is 15.2. The van der Waals surface area contributed by atoms with Gasteiger partial charge in [-0.2, -0.15) is 0 Å². The van der Waals surface area contributed by atoms with E-state index in [1.165, 1.54) is 6.08 Å². The van der Waals surface area contributed by atoms with E-state index in [9.17, 15) is 18.0 Å². The lowest BCUT2D eigenvalue weighted by molar-refractivity contribution is -0.115. The molecule has 0 aliphatic carbocycles. The van der Waals surface area contributed by atoms with Crippen molar-refractivity contribution in [1.82, 2.24) is 5.32 Å². The molecule has 0 spiro atoms. The number of amides is 2. The second-order valence-corrected chi connectivity index (χ2v) is 6.65. The highest BCUT2D eigenvalue weighted by Gasteiger charge is 2.23.